The minimum absolute atomic E-state index is 0. The van der Waals surface area contributed by atoms with Gasteiger partial charge in [0.2, 0.25) is 0 Å². The standard InChI is InChI=1S/C19H16N.CH3.Y/c20-19(16-10-4-1-5-11-16,17-12-6-2-7-13-17)18-14-8-3-9-15-18;;/h1-15,20H;1H3;/q2*-1;. The van der Waals surface area contributed by atoms with Crippen LogP contribution in [0.15, 0.2) is 91.0 Å². The van der Waals surface area contributed by atoms with E-state index in [1.165, 1.54) is 0 Å². The fraction of sp³-hybridized carbons (Fsp3) is 0.0500. The number of benzene rings is 3. The molecular weight excluding hydrogens is 343 g/mol. The summed E-state index contributed by atoms with van der Waals surface area (Å²) in [5.74, 6) is 0. The zero-order valence-corrected chi connectivity index (χ0v) is 15.6. The van der Waals surface area contributed by atoms with Gasteiger partial charge in [-0.3, -0.25) is 0 Å². The molecular formula is C20H19NY-2. The molecule has 0 amide bonds. The zero-order valence-electron chi connectivity index (χ0n) is 12.7. The molecule has 0 spiro atoms. The van der Waals surface area contributed by atoms with Gasteiger partial charge in [0.1, 0.15) is 0 Å². The van der Waals surface area contributed by atoms with Gasteiger partial charge in [-0.25, -0.2) is 0 Å². The van der Waals surface area contributed by atoms with Crippen LogP contribution in [0.5, 0.6) is 0 Å². The van der Waals surface area contributed by atoms with E-state index >= 15 is 0 Å². The van der Waals surface area contributed by atoms with Crippen LogP contribution in [0.25, 0.3) is 5.73 Å². The van der Waals surface area contributed by atoms with E-state index in [-0.39, 0.29) is 40.1 Å². The Morgan fingerprint density at radius 2 is 0.727 bits per heavy atom. The van der Waals surface area contributed by atoms with E-state index in [2.05, 4.69) is 0 Å². The molecule has 0 saturated carbocycles. The molecule has 1 nitrogen and oxygen atoms in total. The first-order chi connectivity index (χ1) is 9.82. The summed E-state index contributed by atoms with van der Waals surface area (Å²) in [6, 6.07) is 30.0. The third-order valence-corrected chi connectivity index (χ3v) is 3.62. The largest absolute Gasteiger partial charge is 0.660 e. The molecule has 0 atom stereocenters. The summed E-state index contributed by atoms with van der Waals surface area (Å²) < 4.78 is 0. The van der Waals surface area contributed by atoms with Gasteiger partial charge in [-0.05, 0) is 5.54 Å². The minimum atomic E-state index is -0.871. The Balaban J connectivity index is 0.00000121. The molecule has 0 fully saturated rings. The van der Waals surface area contributed by atoms with Gasteiger partial charge >= 0.3 is 0 Å². The van der Waals surface area contributed by atoms with Crippen molar-refractivity contribution in [3.63, 3.8) is 0 Å². The molecule has 0 aliphatic heterocycles. The van der Waals surface area contributed by atoms with Crippen LogP contribution >= 0.6 is 0 Å². The molecule has 3 rings (SSSR count). The second-order valence-electron chi connectivity index (χ2n) is 4.85. The van der Waals surface area contributed by atoms with Crippen LogP contribution in [0, 0.1) is 7.43 Å². The predicted octanol–water partition coefficient (Wildman–Crippen LogP) is 5.48. The molecule has 1 N–H and O–H groups in total. The number of nitrogens with one attached hydrogen (secondary N) is 1. The second-order valence-corrected chi connectivity index (χ2v) is 4.85. The summed E-state index contributed by atoms with van der Waals surface area (Å²) in [7, 11) is 0. The fourth-order valence-corrected chi connectivity index (χ4v) is 2.56. The number of rotatable bonds is 3. The predicted molar refractivity (Wildman–Crippen MR) is 89.9 cm³/mol. The third-order valence-electron chi connectivity index (χ3n) is 3.62. The summed E-state index contributed by atoms with van der Waals surface area (Å²) in [6.45, 7) is 0. The average Bonchev–Trinajstić information content (AvgIpc) is 2.56. The molecule has 0 heterocycles. The first kappa shape index (κ1) is 18.8. The van der Waals surface area contributed by atoms with Gasteiger partial charge < -0.3 is 13.2 Å². The maximum absolute atomic E-state index is 9.14. The fourth-order valence-electron chi connectivity index (χ4n) is 2.56. The first-order valence-corrected chi connectivity index (χ1v) is 6.73. The van der Waals surface area contributed by atoms with Crippen molar-refractivity contribution in [3.8, 4) is 0 Å². The van der Waals surface area contributed by atoms with Crippen LogP contribution in [0.3, 0.4) is 0 Å². The van der Waals surface area contributed by atoms with E-state index in [0.717, 1.165) is 16.7 Å². The van der Waals surface area contributed by atoms with Crippen LogP contribution in [0.4, 0.5) is 0 Å². The molecule has 3 aromatic carbocycles. The molecule has 0 unspecified atom stereocenters. The summed E-state index contributed by atoms with van der Waals surface area (Å²) in [6.07, 6.45) is 0. The van der Waals surface area contributed by atoms with Crippen LogP contribution in [0.2, 0.25) is 0 Å². The molecule has 0 aliphatic rings. The Morgan fingerprint density at radius 3 is 0.955 bits per heavy atom. The maximum atomic E-state index is 9.14. The van der Waals surface area contributed by atoms with E-state index in [4.69, 9.17) is 5.73 Å². The van der Waals surface area contributed by atoms with Crippen LogP contribution < -0.4 is 0 Å². The number of hydrogen-bond acceptors (Lipinski definition) is 0. The summed E-state index contributed by atoms with van der Waals surface area (Å²) in [5.41, 5.74) is 11.2. The minimum Gasteiger partial charge on any atom is -0.660 e. The first-order valence-electron chi connectivity index (χ1n) is 6.73. The quantitative estimate of drug-likeness (QED) is 0.435. The van der Waals surface area contributed by atoms with Gasteiger partial charge in [-0.2, -0.15) is 0 Å². The van der Waals surface area contributed by atoms with Crippen molar-refractivity contribution in [1.82, 2.24) is 0 Å². The molecule has 22 heavy (non-hydrogen) atoms. The van der Waals surface area contributed by atoms with Crippen molar-refractivity contribution in [2.24, 2.45) is 0 Å². The van der Waals surface area contributed by atoms with E-state index < -0.39 is 5.54 Å². The van der Waals surface area contributed by atoms with E-state index in [1.807, 2.05) is 91.0 Å². The Kier molecular flexibility index (Phi) is 7.15. The molecule has 0 saturated heterocycles. The number of hydrogen-bond donors (Lipinski definition) is 0. The van der Waals surface area contributed by atoms with Gasteiger partial charge in [0.15, 0.2) is 0 Å². The molecule has 2 heteroatoms. The third kappa shape index (κ3) is 3.55. The topological polar surface area (TPSA) is 23.8 Å². The summed E-state index contributed by atoms with van der Waals surface area (Å²) in [4.78, 5) is 0. The average molecular weight is 362 g/mol. The molecule has 109 valence electrons. The van der Waals surface area contributed by atoms with Gasteiger partial charge in [-0.15, -0.1) is 0 Å². The SMILES string of the molecule is [CH3-].[NH-]C(c1ccccc1)(c1ccccc1)c1ccccc1.[Y]. The maximum Gasteiger partial charge on any atom is 0 e. The normalized spacial score (nSPS) is 10.2. The van der Waals surface area contributed by atoms with Gasteiger partial charge in [0.25, 0.3) is 0 Å². The van der Waals surface area contributed by atoms with E-state index in [9.17, 15) is 0 Å². The Bertz CT molecular complexity index is 569. The van der Waals surface area contributed by atoms with Gasteiger partial charge in [-0.1, -0.05) is 108 Å². The Labute approximate surface area is 158 Å². The van der Waals surface area contributed by atoms with E-state index in [1.54, 1.807) is 0 Å². The Hall–Kier alpha value is -1.28. The molecule has 0 aliphatic carbocycles. The van der Waals surface area contributed by atoms with Crippen molar-refractivity contribution < 1.29 is 32.7 Å². The van der Waals surface area contributed by atoms with Gasteiger partial charge in [0.05, 0.1) is 0 Å². The van der Waals surface area contributed by atoms with Crippen molar-refractivity contribution in [1.29, 1.82) is 0 Å². The second kappa shape index (κ2) is 8.38. The van der Waals surface area contributed by atoms with Crippen LogP contribution in [-0.2, 0) is 38.2 Å². The monoisotopic (exact) mass is 362 g/mol. The van der Waals surface area contributed by atoms with Gasteiger partial charge in [0, 0.05) is 32.7 Å². The van der Waals surface area contributed by atoms with Crippen molar-refractivity contribution in [2.45, 2.75) is 5.54 Å². The molecule has 0 aromatic heterocycles. The Morgan fingerprint density at radius 1 is 0.500 bits per heavy atom. The van der Waals surface area contributed by atoms with Crippen molar-refractivity contribution in [2.75, 3.05) is 0 Å². The zero-order chi connectivity index (χ0) is 13.8. The molecule has 1 radical (unpaired) electrons. The molecule has 0 bridgehead atoms. The summed E-state index contributed by atoms with van der Waals surface area (Å²) >= 11 is 0. The van der Waals surface area contributed by atoms with E-state index in [0.29, 0.717) is 0 Å². The van der Waals surface area contributed by atoms with Crippen molar-refractivity contribution >= 4 is 0 Å². The smallest absolute Gasteiger partial charge is 0 e. The summed E-state index contributed by atoms with van der Waals surface area (Å²) in [5, 5.41) is 0. The molecule has 3 aromatic rings. The van der Waals surface area contributed by atoms with Crippen LogP contribution in [0.1, 0.15) is 16.7 Å². The van der Waals surface area contributed by atoms with Crippen LogP contribution in [-0.4, -0.2) is 0 Å². The van der Waals surface area contributed by atoms with Crippen molar-refractivity contribution in [3.05, 3.63) is 121 Å².